The molecule has 0 radical (unpaired) electrons. The Labute approximate surface area is 96.5 Å². The molecule has 0 N–H and O–H groups in total. The molecule has 2 rings (SSSR count). The van der Waals surface area contributed by atoms with Crippen molar-refractivity contribution in [3.05, 3.63) is 59.7 Å². The molecule has 1 nitrogen and oxygen atoms in total. The van der Waals surface area contributed by atoms with Gasteiger partial charge in [0.25, 0.3) is 0 Å². The fourth-order valence-corrected chi connectivity index (χ4v) is 2.03. The van der Waals surface area contributed by atoms with E-state index in [9.17, 15) is 4.79 Å². The number of rotatable bonds is 3. The minimum Gasteiger partial charge on any atom is -0.294 e. The zero-order valence-electron chi connectivity index (χ0n) is 9.68. The second-order valence-electron chi connectivity index (χ2n) is 4.37. The normalized spacial score (nSPS) is 20.6. The van der Waals surface area contributed by atoms with Crippen molar-refractivity contribution in [3.63, 3.8) is 0 Å². The molecule has 1 aliphatic carbocycles. The molecule has 0 fully saturated rings. The first-order chi connectivity index (χ1) is 7.68. The van der Waals surface area contributed by atoms with E-state index in [0.717, 1.165) is 5.56 Å². The third kappa shape index (κ3) is 2.13. The molecule has 82 valence electrons. The Bertz CT molecular complexity index is 440. The van der Waals surface area contributed by atoms with Crippen molar-refractivity contribution in [2.45, 2.75) is 13.8 Å². The van der Waals surface area contributed by atoms with Gasteiger partial charge in [-0.2, -0.15) is 0 Å². The van der Waals surface area contributed by atoms with Gasteiger partial charge in [0.15, 0.2) is 5.78 Å². The van der Waals surface area contributed by atoms with Crippen LogP contribution >= 0.6 is 0 Å². The molecule has 0 heterocycles. The first kappa shape index (κ1) is 10.9. The molecule has 1 aromatic rings. The number of allylic oxidation sites excluding steroid dienone is 4. The van der Waals surface area contributed by atoms with Crippen molar-refractivity contribution in [1.29, 1.82) is 0 Å². The number of Topliss-reactive ketones (excluding diaryl/α,β-unsaturated/α-hetero) is 1. The van der Waals surface area contributed by atoms with Crippen molar-refractivity contribution in [1.82, 2.24) is 0 Å². The smallest absolute Gasteiger partial charge is 0.166 e. The van der Waals surface area contributed by atoms with Gasteiger partial charge in [-0.05, 0) is 6.92 Å². The van der Waals surface area contributed by atoms with E-state index in [0.29, 0.717) is 0 Å². The second-order valence-corrected chi connectivity index (χ2v) is 4.37. The number of carbonyl (C=O) groups is 1. The van der Waals surface area contributed by atoms with Crippen LogP contribution in [0.25, 0.3) is 0 Å². The predicted molar refractivity (Wildman–Crippen MR) is 66.3 cm³/mol. The summed E-state index contributed by atoms with van der Waals surface area (Å²) in [6, 6.07) is 9.51. The fourth-order valence-electron chi connectivity index (χ4n) is 2.03. The lowest BCUT2D eigenvalue weighted by Gasteiger charge is -2.14. The van der Waals surface area contributed by atoms with E-state index in [1.165, 1.54) is 5.57 Å². The van der Waals surface area contributed by atoms with Gasteiger partial charge in [-0.15, -0.1) is 0 Å². The van der Waals surface area contributed by atoms with Gasteiger partial charge < -0.3 is 0 Å². The molecular formula is C15H16O. The van der Waals surface area contributed by atoms with Gasteiger partial charge in [0.1, 0.15) is 0 Å². The van der Waals surface area contributed by atoms with Gasteiger partial charge in [0, 0.05) is 17.4 Å². The molecule has 0 bridgehead atoms. The zero-order valence-corrected chi connectivity index (χ0v) is 9.68. The van der Waals surface area contributed by atoms with Crippen LogP contribution in [-0.2, 0) is 0 Å². The summed E-state index contributed by atoms with van der Waals surface area (Å²) in [5.74, 6) is 0.505. The monoisotopic (exact) mass is 212 g/mol. The molecule has 0 aromatic heterocycles. The lowest BCUT2D eigenvalue weighted by atomic mass is 9.88. The third-order valence-electron chi connectivity index (χ3n) is 3.09. The molecule has 0 saturated carbocycles. The van der Waals surface area contributed by atoms with E-state index in [2.05, 4.69) is 25.2 Å². The highest BCUT2D eigenvalue weighted by Gasteiger charge is 2.23. The lowest BCUT2D eigenvalue weighted by Crippen LogP contribution is -2.17. The summed E-state index contributed by atoms with van der Waals surface area (Å²) < 4.78 is 0. The van der Waals surface area contributed by atoms with Gasteiger partial charge in [-0.3, -0.25) is 4.79 Å². The average molecular weight is 212 g/mol. The van der Waals surface area contributed by atoms with E-state index in [1.54, 1.807) is 0 Å². The summed E-state index contributed by atoms with van der Waals surface area (Å²) in [5, 5.41) is 0. The minimum atomic E-state index is 0.0242. The second kappa shape index (κ2) is 4.48. The molecule has 1 aliphatic rings. The van der Waals surface area contributed by atoms with Crippen molar-refractivity contribution < 1.29 is 4.79 Å². The Morgan fingerprint density at radius 3 is 2.50 bits per heavy atom. The maximum absolute atomic E-state index is 12.2. The Hall–Kier alpha value is -1.63. The van der Waals surface area contributed by atoms with Crippen LogP contribution in [-0.4, -0.2) is 5.78 Å². The quantitative estimate of drug-likeness (QED) is 0.699. The molecule has 0 saturated heterocycles. The molecule has 2 atom stereocenters. The van der Waals surface area contributed by atoms with Crippen LogP contribution < -0.4 is 0 Å². The van der Waals surface area contributed by atoms with Crippen LogP contribution in [0.2, 0.25) is 0 Å². The highest BCUT2D eigenvalue weighted by atomic mass is 16.1. The van der Waals surface area contributed by atoms with Crippen molar-refractivity contribution in [2.24, 2.45) is 11.8 Å². The number of hydrogen-bond acceptors (Lipinski definition) is 1. The molecule has 0 amide bonds. The largest absolute Gasteiger partial charge is 0.294 e. The molecular weight excluding hydrogens is 196 g/mol. The zero-order chi connectivity index (χ0) is 11.5. The maximum Gasteiger partial charge on any atom is 0.166 e. The predicted octanol–water partition coefficient (Wildman–Crippen LogP) is 3.64. The van der Waals surface area contributed by atoms with Gasteiger partial charge in [-0.1, -0.05) is 61.1 Å². The van der Waals surface area contributed by atoms with Crippen LogP contribution in [0.3, 0.4) is 0 Å². The molecule has 1 aromatic carbocycles. The first-order valence-corrected chi connectivity index (χ1v) is 5.64. The third-order valence-corrected chi connectivity index (χ3v) is 3.09. The Balaban J connectivity index is 2.15. The van der Waals surface area contributed by atoms with Crippen molar-refractivity contribution in [2.75, 3.05) is 0 Å². The number of hydrogen-bond donors (Lipinski definition) is 0. The van der Waals surface area contributed by atoms with E-state index >= 15 is 0 Å². The van der Waals surface area contributed by atoms with Gasteiger partial charge in [-0.25, -0.2) is 0 Å². The summed E-state index contributed by atoms with van der Waals surface area (Å²) in [5.41, 5.74) is 2.05. The molecule has 16 heavy (non-hydrogen) atoms. The van der Waals surface area contributed by atoms with Crippen LogP contribution in [0, 0.1) is 11.8 Å². The van der Waals surface area contributed by atoms with E-state index in [-0.39, 0.29) is 17.6 Å². The van der Waals surface area contributed by atoms with Gasteiger partial charge in [0.05, 0.1) is 0 Å². The van der Waals surface area contributed by atoms with Gasteiger partial charge >= 0.3 is 0 Å². The molecule has 2 unspecified atom stereocenters. The number of ketones is 1. The first-order valence-electron chi connectivity index (χ1n) is 5.64. The summed E-state index contributed by atoms with van der Waals surface area (Å²) in [7, 11) is 0. The standard InChI is InChI=1S/C15H16O/c1-11-8-9-14(10-11)12(2)15(16)13-6-4-3-5-7-13/h3-10,12,14H,1-2H3. The minimum absolute atomic E-state index is 0.0242. The lowest BCUT2D eigenvalue weighted by molar-refractivity contribution is 0.0915. The average Bonchev–Trinajstić information content (AvgIpc) is 2.75. The number of benzene rings is 1. The van der Waals surface area contributed by atoms with E-state index in [4.69, 9.17) is 0 Å². The van der Waals surface area contributed by atoms with Crippen LogP contribution in [0.4, 0.5) is 0 Å². The highest BCUT2D eigenvalue weighted by Crippen LogP contribution is 2.25. The van der Waals surface area contributed by atoms with Crippen LogP contribution in [0.5, 0.6) is 0 Å². The Kier molecular flexibility index (Phi) is 3.04. The summed E-state index contributed by atoms with van der Waals surface area (Å²) >= 11 is 0. The van der Waals surface area contributed by atoms with Gasteiger partial charge in [0.2, 0.25) is 0 Å². The van der Waals surface area contributed by atoms with E-state index in [1.807, 2.05) is 37.3 Å². The number of carbonyl (C=O) groups excluding carboxylic acids is 1. The van der Waals surface area contributed by atoms with Crippen LogP contribution in [0.15, 0.2) is 54.1 Å². The topological polar surface area (TPSA) is 17.1 Å². The van der Waals surface area contributed by atoms with E-state index < -0.39 is 0 Å². The fraction of sp³-hybridized carbons (Fsp3) is 0.267. The Morgan fingerprint density at radius 2 is 1.94 bits per heavy atom. The SMILES string of the molecule is CC1=CC(C(C)C(=O)c2ccccc2)C=C1. The molecule has 1 heteroatoms. The van der Waals surface area contributed by atoms with Crippen molar-refractivity contribution >= 4 is 5.78 Å². The van der Waals surface area contributed by atoms with Crippen molar-refractivity contribution in [3.8, 4) is 0 Å². The Morgan fingerprint density at radius 1 is 1.25 bits per heavy atom. The maximum atomic E-state index is 12.2. The summed E-state index contributed by atoms with van der Waals surface area (Å²) in [6.45, 7) is 4.07. The highest BCUT2D eigenvalue weighted by molar-refractivity contribution is 5.98. The summed E-state index contributed by atoms with van der Waals surface area (Å²) in [6.07, 6.45) is 6.35. The summed E-state index contributed by atoms with van der Waals surface area (Å²) in [4.78, 5) is 12.2. The van der Waals surface area contributed by atoms with Crippen LogP contribution in [0.1, 0.15) is 24.2 Å². The molecule has 0 spiro atoms. The molecule has 0 aliphatic heterocycles.